The summed E-state index contributed by atoms with van der Waals surface area (Å²) in [6.07, 6.45) is 1.36. The highest BCUT2D eigenvalue weighted by molar-refractivity contribution is 5.95. The topological polar surface area (TPSA) is 64.4 Å². The highest BCUT2D eigenvalue weighted by Gasteiger charge is 2.29. The van der Waals surface area contributed by atoms with Gasteiger partial charge in [0.2, 0.25) is 5.91 Å². The lowest BCUT2D eigenvalue weighted by Crippen LogP contribution is -2.43. The van der Waals surface area contributed by atoms with E-state index < -0.39 is 0 Å². The molecule has 2 amide bonds. The Bertz CT molecular complexity index is 908. The average molecular weight is 375 g/mol. The molecule has 28 heavy (non-hydrogen) atoms. The fourth-order valence-electron chi connectivity index (χ4n) is 3.72. The molecule has 0 atom stereocenters. The largest absolute Gasteiger partial charge is 0.341 e. The highest BCUT2D eigenvalue weighted by Crippen LogP contribution is 2.22. The van der Waals surface area contributed by atoms with Gasteiger partial charge in [0.05, 0.1) is 11.6 Å². The summed E-state index contributed by atoms with van der Waals surface area (Å²) < 4.78 is 0. The summed E-state index contributed by atoms with van der Waals surface area (Å²) in [5.74, 6) is 0.0843. The van der Waals surface area contributed by atoms with E-state index in [2.05, 4.69) is 6.07 Å². The van der Waals surface area contributed by atoms with E-state index in [4.69, 9.17) is 5.26 Å². The smallest absolute Gasteiger partial charge is 0.254 e. The lowest BCUT2D eigenvalue weighted by molar-refractivity contribution is -0.136. The van der Waals surface area contributed by atoms with Crippen LogP contribution in [0.2, 0.25) is 0 Å². The zero-order valence-corrected chi connectivity index (χ0v) is 16.4. The summed E-state index contributed by atoms with van der Waals surface area (Å²) in [7, 11) is 1.80. The fraction of sp³-hybridized carbons (Fsp3) is 0.348. The molecule has 0 aliphatic carbocycles. The number of aryl methyl sites for hydroxylation is 1. The van der Waals surface area contributed by atoms with Gasteiger partial charge in [0, 0.05) is 38.2 Å². The molecule has 0 spiro atoms. The van der Waals surface area contributed by atoms with Crippen molar-refractivity contribution in [1.82, 2.24) is 9.80 Å². The van der Waals surface area contributed by atoms with Gasteiger partial charge in [-0.1, -0.05) is 30.3 Å². The van der Waals surface area contributed by atoms with E-state index in [9.17, 15) is 9.59 Å². The molecule has 2 aromatic rings. The molecule has 1 fully saturated rings. The van der Waals surface area contributed by atoms with E-state index in [-0.39, 0.29) is 17.7 Å². The Labute approximate surface area is 166 Å². The van der Waals surface area contributed by atoms with Gasteiger partial charge >= 0.3 is 0 Å². The van der Waals surface area contributed by atoms with Crippen LogP contribution in [0.15, 0.2) is 48.5 Å². The van der Waals surface area contributed by atoms with Gasteiger partial charge in [-0.25, -0.2) is 0 Å². The number of likely N-dealkylation sites (tertiary alicyclic amines) is 1. The zero-order chi connectivity index (χ0) is 20.1. The monoisotopic (exact) mass is 375 g/mol. The van der Waals surface area contributed by atoms with E-state index >= 15 is 0 Å². The van der Waals surface area contributed by atoms with Crippen molar-refractivity contribution in [3.63, 3.8) is 0 Å². The molecule has 0 radical (unpaired) electrons. The van der Waals surface area contributed by atoms with E-state index in [1.165, 1.54) is 0 Å². The maximum absolute atomic E-state index is 12.8. The predicted octanol–water partition coefficient (Wildman–Crippen LogP) is 3.38. The van der Waals surface area contributed by atoms with Crippen LogP contribution in [0.3, 0.4) is 0 Å². The Hall–Kier alpha value is -3.13. The van der Waals surface area contributed by atoms with Gasteiger partial charge in [0.25, 0.3) is 5.91 Å². The number of carbonyl (C=O) groups is 2. The number of hydrogen-bond acceptors (Lipinski definition) is 3. The third-order valence-corrected chi connectivity index (χ3v) is 5.36. The van der Waals surface area contributed by atoms with Crippen molar-refractivity contribution in [1.29, 1.82) is 5.26 Å². The lowest BCUT2D eigenvalue weighted by atomic mass is 9.94. The maximum Gasteiger partial charge on any atom is 0.254 e. The molecule has 5 nitrogen and oxygen atoms in total. The first kappa shape index (κ1) is 19.6. The lowest BCUT2D eigenvalue weighted by Gasteiger charge is -2.33. The van der Waals surface area contributed by atoms with Crippen LogP contribution in [0.5, 0.6) is 0 Å². The van der Waals surface area contributed by atoms with Gasteiger partial charge in [-0.15, -0.1) is 0 Å². The SMILES string of the molecule is Cc1ccccc1C(=O)N1CCC(C(=O)N(C)Cc2cccc(C#N)c2)CC1. The van der Waals surface area contributed by atoms with Crippen LogP contribution in [0, 0.1) is 24.2 Å². The minimum Gasteiger partial charge on any atom is -0.341 e. The van der Waals surface area contributed by atoms with Crippen LogP contribution < -0.4 is 0 Å². The first-order valence-corrected chi connectivity index (χ1v) is 9.58. The van der Waals surface area contributed by atoms with Gasteiger partial charge in [-0.05, 0) is 49.1 Å². The van der Waals surface area contributed by atoms with Crippen molar-refractivity contribution < 1.29 is 9.59 Å². The second kappa shape index (κ2) is 8.71. The van der Waals surface area contributed by atoms with E-state index in [1.54, 1.807) is 18.0 Å². The molecule has 0 N–H and O–H groups in total. The predicted molar refractivity (Wildman–Crippen MR) is 107 cm³/mol. The molecular weight excluding hydrogens is 350 g/mol. The van der Waals surface area contributed by atoms with Gasteiger partial charge in [0.15, 0.2) is 0 Å². The maximum atomic E-state index is 12.8. The third kappa shape index (κ3) is 4.40. The number of nitriles is 1. The van der Waals surface area contributed by atoms with Crippen LogP contribution in [0.1, 0.15) is 39.9 Å². The third-order valence-electron chi connectivity index (χ3n) is 5.36. The Morgan fingerprint density at radius 1 is 1.14 bits per heavy atom. The van der Waals surface area contributed by atoms with Crippen LogP contribution in [-0.4, -0.2) is 41.8 Å². The van der Waals surface area contributed by atoms with Crippen molar-refractivity contribution in [2.75, 3.05) is 20.1 Å². The van der Waals surface area contributed by atoms with E-state index in [0.29, 0.717) is 38.0 Å². The van der Waals surface area contributed by atoms with Crippen LogP contribution >= 0.6 is 0 Å². The quantitative estimate of drug-likeness (QED) is 0.823. The molecule has 0 unspecified atom stereocenters. The normalized spacial score (nSPS) is 14.4. The number of piperidine rings is 1. The Balaban J connectivity index is 1.56. The van der Waals surface area contributed by atoms with Crippen molar-refractivity contribution >= 4 is 11.8 Å². The summed E-state index contributed by atoms with van der Waals surface area (Å²) in [6, 6.07) is 17.1. The van der Waals surface area contributed by atoms with Gasteiger partial charge < -0.3 is 9.80 Å². The summed E-state index contributed by atoms with van der Waals surface area (Å²) in [5.41, 5.74) is 3.26. The minimum absolute atomic E-state index is 0.0469. The highest BCUT2D eigenvalue weighted by atomic mass is 16.2. The van der Waals surface area contributed by atoms with Crippen molar-refractivity contribution in [2.45, 2.75) is 26.3 Å². The molecule has 0 saturated carbocycles. The summed E-state index contributed by atoms with van der Waals surface area (Å²) in [6.45, 7) is 3.62. The Morgan fingerprint density at radius 2 is 1.86 bits per heavy atom. The molecule has 144 valence electrons. The van der Waals surface area contributed by atoms with Gasteiger partial charge in [-0.2, -0.15) is 5.26 Å². The number of carbonyl (C=O) groups excluding carboxylic acids is 2. The molecule has 1 aliphatic heterocycles. The van der Waals surface area contributed by atoms with Gasteiger partial charge in [-0.3, -0.25) is 9.59 Å². The molecule has 5 heteroatoms. The first-order valence-electron chi connectivity index (χ1n) is 9.58. The Morgan fingerprint density at radius 3 is 2.54 bits per heavy atom. The standard InChI is InChI=1S/C23H25N3O2/c1-17-6-3-4-9-21(17)23(28)26-12-10-20(11-13-26)22(27)25(2)16-19-8-5-7-18(14-19)15-24/h3-9,14,20H,10-13,16H2,1-2H3. The summed E-state index contributed by atoms with van der Waals surface area (Å²) in [5, 5.41) is 9.02. The molecule has 3 rings (SSSR count). The van der Waals surface area contributed by atoms with Crippen LogP contribution in [-0.2, 0) is 11.3 Å². The number of nitrogens with zero attached hydrogens (tertiary/aromatic N) is 3. The zero-order valence-electron chi connectivity index (χ0n) is 16.4. The first-order chi connectivity index (χ1) is 13.5. The summed E-state index contributed by atoms with van der Waals surface area (Å²) in [4.78, 5) is 29.1. The van der Waals surface area contributed by atoms with Crippen molar-refractivity contribution in [3.05, 3.63) is 70.8 Å². The molecule has 1 saturated heterocycles. The molecule has 1 aliphatic rings. The van der Waals surface area contributed by atoms with Crippen molar-refractivity contribution in [2.24, 2.45) is 5.92 Å². The second-order valence-electron chi connectivity index (χ2n) is 7.39. The molecule has 0 aromatic heterocycles. The number of amides is 2. The van der Waals surface area contributed by atoms with Crippen LogP contribution in [0.4, 0.5) is 0 Å². The number of hydrogen-bond donors (Lipinski definition) is 0. The number of benzene rings is 2. The van der Waals surface area contributed by atoms with E-state index in [1.807, 2.05) is 54.3 Å². The average Bonchev–Trinajstić information content (AvgIpc) is 2.73. The molecule has 2 aromatic carbocycles. The molecule has 1 heterocycles. The van der Waals surface area contributed by atoms with Crippen LogP contribution in [0.25, 0.3) is 0 Å². The number of rotatable bonds is 4. The Kier molecular flexibility index (Phi) is 6.10. The minimum atomic E-state index is -0.0648. The molecular formula is C23H25N3O2. The fourth-order valence-corrected chi connectivity index (χ4v) is 3.72. The van der Waals surface area contributed by atoms with Crippen molar-refractivity contribution in [3.8, 4) is 6.07 Å². The molecule has 0 bridgehead atoms. The van der Waals surface area contributed by atoms with E-state index in [0.717, 1.165) is 16.7 Å². The second-order valence-corrected chi connectivity index (χ2v) is 7.39. The summed E-state index contributed by atoms with van der Waals surface area (Å²) >= 11 is 0. The van der Waals surface area contributed by atoms with Gasteiger partial charge in [0.1, 0.15) is 0 Å².